The largest absolute Gasteiger partial charge is 0.478 e. The van der Waals surface area contributed by atoms with Gasteiger partial charge in [0.15, 0.2) is 0 Å². The van der Waals surface area contributed by atoms with Crippen LogP contribution in [0, 0.1) is 13.8 Å². The van der Waals surface area contributed by atoms with Crippen molar-refractivity contribution in [1.29, 1.82) is 0 Å². The molecule has 1 N–H and O–H groups in total. The molecule has 2 rings (SSSR count). The van der Waals surface area contributed by atoms with E-state index in [0.29, 0.717) is 11.4 Å². The van der Waals surface area contributed by atoms with E-state index in [-0.39, 0.29) is 6.04 Å². The van der Waals surface area contributed by atoms with Crippen LogP contribution in [0.15, 0.2) is 23.6 Å². The van der Waals surface area contributed by atoms with Crippen LogP contribution in [0.4, 0.5) is 5.82 Å². The first kappa shape index (κ1) is 15.5. The summed E-state index contributed by atoms with van der Waals surface area (Å²) in [5.41, 5.74) is 1.88. The van der Waals surface area contributed by atoms with Gasteiger partial charge in [-0.05, 0) is 43.8 Å². The number of aromatic nitrogens is 1. The Morgan fingerprint density at radius 2 is 2.19 bits per heavy atom. The maximum atomic E-state index is 11.5. The molecule has 0 fully saturated rings. The minimum absolute atomic E-state index is 0.176. The summed E-state index contributed by atoms with van der Waals surface area (Å²) in [4.78, 5) is 19.2. The third-order valence-electron chi connectivity index (χ3n) is 3.61. The summed E-state index contributed by atoms with van der Waals surface area (Å²) >= 11 is 1.72. The second-order valence-corrected chi connectivity index (χ2v) is 6.36. The molecule has 0 saturated carbocycles. The smallest absolute Gasteiger partial charge is 0.339 e. The predicted molar refractivity (Wildman–Crippen MR) is 86.6 cm³/mol. The zero-order valence-corrected chi connectivity index (χ0v) is 13.6. The lowest BCUT2D eigenvalue weighted by atomic mass is 10.1. The summed E-state index contributed by atoms with van der Waals surface area (Å²) in [5, 5.41) is 11.5. The van der Waals surface area contributed by atoms with Crippen LogP contribution in [0.2, 0.25) is 0 Å². The van der Waals surface area contributed by atoms with Crippen LogP contribution < -0.4 is 4.90 Å². The fourth-order valence-electron chi connectivity index (χ4n) is 2.40. The number of carbonyl (C=O) groups is 1. The molecular formula is C16H20N2O2S. The zero-order valence-electron chi connectivity index (χ0n) is 12.8. The molecule has 2 aromatic heterocycles. The molecule has 1 unspecified atom stereocenters. The highest BCUT2D eigenvalue weighted by Gasteiger charge is 2.22. The van der Waals surface area contributed by atoms with Crippen molar-refractivity contribution in [1.82, 2.24) is 4.98 Å². The first-order chi connectivity index (χ1) is 9.90. The van der Waals surface area contributed by atoms with E-state index in [1.165, 1.54) is 4.88 Å². The van der Waals surface area contributed by atoms with Gasteiger partial charge in [0.1, 0.15) is 11.4 Å². The number of carboxylic acid groups (broad SMARTS) is 1. The van der Waals surface area contributed by atoms with Crippen molar-refractivity contribution < 1.29 is 9.90 Å². The van der Waals surface area contributed by atoms with Gasteiger partial charge < -0.3 is 10.0 Å². The number of carboxylic acids is 1. The van der Waals surface area contributed by atoms with Crippen LogP contribution in [0.1, 0.15) is 33.4 Å². The molecule has 0 aliphatic rings. The number of nitrogens with zero attached hydrogens (tertiary/aromatic N) is 2. The molecule has 5 heteroatoms. The van der Waals surface area contributed by atoms with E-state index in [9.17, 15) is 9.90 Å². The number of hydrogen-bond donors (Lipinski definition) is 1. The number of pyridine rings is 1. The van der Waals surface area contributed by atoms with Crippen molar-refractivity contribution in [2.75, 3.05) is 11.9 Å². The number of thiophene rings is 1. The standard InChI is InChI=1S/C16H20N2O2S/c1-10-8-11(2)17-15(14(10)16(19)20)18(4)12(3)9-13-6-5-7-21-13/h5-8,12H,9H2,1-4H3,(H,19,20). The van der Waals surface area contributed by atoms with Crippen LogP contribution in [-0.2, 0) is 6.42 Å². The molecular weight excluding hydrogens is 284 g/mol. The molecule has 112 valence electrons. The molecule has 0 spiro atoms. The number of hydrogen-bond acceptors (Lipinski definition) is 4. The second kappa shape index (κ2) is 6.26. The highest BCUT2D eigenvalue weighted by Crippen LogP contribution is 2.25. The van der Waals surface area contributed by atoms with Gasteiger partial charge in [0.05, 0.1) is 0 Å². The molecule has 2 aromatic rings. The van der Waals surface area contributed by atoms with Gasteiger partial charge >= 0.3 is 5.97 Å². The van der Waals surface area contributed by atoms with E-state index in [1.807, 2.05) is 37.9 Å². The van der Waals surface area contributed by atoms with E-state index < -0.39 is 5.97 Å². The second-order valence-electron chi connectivity index (χ2n) is 5.33. The number of anilines is 1. The van der Waals surface area contributed by atoms with Crippen molar-refractivity contribution in [3.05, 3.63) is 45.3 Å². The van der Waals surface area contributed by atoms with Gasteiger partial charge in [-0.25, -0.2) is 9.78 Å². The lowest BCUT2D eigenvalue weighted by Gasteiger charge is -2.27. The van der Waals surface area contributed by atoms with Gasteiger partial charge in [-0.2, -0.15) is 0 Å². The Balaban J connectivity index is 2.33. The van der Waals surface area contributed by atoms with Crippen molar-refractivity contribution in [3.8, 4) is 0 Å². The van der Waals surface area contributed by atoms with Gasteiger partial charge in [0, 0.05) is 30.1 Å². The van der Waals surface area contributed by atoms with Crippen molar-refractivity contribution in [2.45, 2.75) is 33.2 Å². The van der Waals surface area contributed by atoms with Gasteiger partial charge in [0.2, 0.25) is 0 Å². The summed E-state index contributed by atoms with van der Waals surface area (Å²) in [6, 6.07) is 6.12. The molecule has 0 amide bonds. The van der Waals surface area contributed by atoms with Crippen LogP contribution in [-0.4, -0.2) is 29.1 Å². The minimum Gasteiger partial charge on any atom is -0.478 e. The van der Waals surface area contributed by atoms with Gasteiger partial charge in [-0.15, -0.1) is 11.3 Å². The quantitative estimate of drug-likeness (QED) is 0.918. The maximum absolute atomic E-state index is 11.5. The highest BCUT2D eigenvalue weighted by molar-refractivity contribution is 7.09. The Morgan fingerprint density at radius 1 is 1.48 bits per heavy atom. The van der Waals surface area contributed by atoms with E-state index in [4.69, 9.17) is 0 Å². The average molecular weight is 304 g/mol. The normalized spacial score (nSPS) is 12.2. The lowest BCUT2D eigenvalue weighted by molar-refractivity contribution is 0.0696. The molecule has 0 saturated heterocycles. The molecule has 0 bridgehead atoms. The SMILES string of the molecule is Cc1cc(C)c(C(=O)O)c(N(C)C(C)Cc2cccs2)n1. The fourth-order valence-corrected chi connectivity index (χ4v) is 3.23. The molecule has 0 radical (unpaired) electrons. The van der Waals surface area contributed by atoms with Crippen LogP contribution in [0.25, 0.3) is 0 Å². The topological polar surface area (TPSA) is 53.4 Å². The predicted octanol–water partition coefficient (Wildman–Crippen LogP) is 3.53. The molecule has 21 heavy (non-hydrogen) atoms. The molecule has 1 atom stereocenters. The summed E-state index contributed by atoms with van der Waals surface area (Å²) in [5.74, 6) is -0.380. The number of rotatable bonds is 5. The van der Waals surface area contributed by atoms with Crippen molar-refractivity contribution in [3.63, 3.8) is 0 Å². The van der Waals surface area contributed by atoms with Crippen LogP contribution in [0.3, 0.4) is 0 Å². The third-order valence-corrected chi connectivity index (χ3v) is 4.51. The monoisotopic (exact) mass is 304 g/mol. The lowest BCUT2D eigenvalue weighted by Crippen LogP contribution is -2.33. The maximum Gasteiger partial charge on any atom is 0.339 e. The first-order valence-corrected chi connectivity index (χ1v) is 7.75. The highest BCUT2D eigenvalue weighted by atomic mass is 32.1. The molecule has 0 aromatic carbocycles. The Hall–Kier alpha value is -1.88. The van der Waals surface area contributed by atoms with E-state index in [0.717, 1.165) is 17.7 Å². The molecule has 2 heterocycles. The van der Waals surface area contributed by atoms with Crippen molar-refractivity contribution >= 4 is 23.1 Å². The number of aryl methyl sites for hydroxylation is 2. The minimum atomic E-state index is -0.926. The Labute approximate surface area is 129 Å². The summed E-state index contributed by atoms with van der Waals surface area (Å²) in [6.45, 7) is 5.80. The van der Waals surface area contributed by atoms with Crippen LogP contribution >= 0.6 is 11.3 Å². The zero-order chi connectivity index (χ0) is 15.6. The van der Waals surface area contributed by atoms with E-state index >= 15 is 0 Å². The number of aromatic carboxylic acids is 1. The van der Waals surface area contributed by atoms with Crippen molar-refractivity contribution in [2.24, 2.45) is 0 Å². The fraction of sp³-hybridized carbons (Fsp3) is 0.375. The van der Waals surface area contributed by atoms with E-state index in [1.54, 1.807) is 11.3 Å². The summed E-state index contributed by atoms with van der Waals surface area (Å²) in [6.07, 6.45) is 0.877. The van der Waals surface area contributed by atoms with Gasteiger partial charge in [-0.3, -0.25) is 0 Å². The molecule has 0 aliphatic carbocycles. The van der Waals surface area contributed by atoms with E-state index in [2.05, 4.69) is 23.4 Å². The Kier molecular flexibility index (Phi) is 4.63. The summed E-state index contributed by atoms with van der Waals surface area (Å²) in [7, 11) is 1.91. The average Bonchev–Trinajstić information content (AvgIpc) is 2.89. The summed E-state index contributed by atoms with van der Waals surface area (Å²) < 4.78 is 0. The third kappa shape index (κ3) is 3.42. The van der Waals surface area contributed by atoms with Gasteiger partial charge in [0.25, 0.3) is 0 Å². The van der Waals surface area contributed by atoms with Gasteiger partial charge in [-0.1, -0.05) is 6.07 Å². The molecule has 0 aliphatic heterocycles. The Morgan fingerprint density at radius 3 is 2.76 bits per heavy atom. The Bertz CT molecular complexity index is 638. The number of likely N-dealkylation sites (N-methyl/N-ethyl adjacent to an activating group) is 1. The first-order valence-electron chi connectivity index (χ1n) is 6.87. The van der Waals surface area contributed by atoms with Crippen LogP contribution in [0.5, 0.6) is 0 Å². The molecule has 4 nitrogen and oxygen atoms in total.